The molecule has 2 atom stereocenters. The quantitative estimate of drug-likeness (QED) is 0.354. The molecule has 0 saturated heterocycles. The molecule has 0 aromatic carbocycles. The Balaban J connectivity index is 4.88. The summed E-state index contributed by atoms with van der Waals surface area (Å²) >= 11 is 0.253. The van der Waals surface area contributed by atoms with Crippen LogP contribution in [0.2, 0.25) is 0 Å². The molecule has 3 N–H and O–H groups in total. The third-order valence-corrected chi connectivity index (χ3v) is 3.15. The molecule has 2 amide bonds. The normalized spacial score (nSPS) is 14.0. The predicted octanol–water partition coefficient (Wildman–Crippen LogP) is 1.18. The molecule has 0 fully saturated rings. The van der Waals surface area contributed by atoms with Crippen LogP contribution in [0.1, 0.15) is 34.6 Å². The van der Waals surface area contributed by atoms with Gasteiger partial charge in [0, 0.05) is 0 Å². The van der Waals surface area contributed by atoms with Gasteiger partial charge >= 0.3 is 141 Å². The minimum absolute atomic E-state index is 0.233. The number of carbonyl (C=O) groups is 3. The van der Waals surface area contributed by atoms with Crippen molar-refractivity contribution in [3.8, 4) is 0 Å². The average Bonchev–Trinajstić information content (AvgIpc) is 2.37. The number of amides is 2. The van der Waals surface area contributed by atoms with Crippen LogP contribution in [0.15, 0.2) is 0 Å². The molecule has 8 nitrogen and oxygen atoms in total. The number of nitrogens with one attached hydrogen (secondary N) is 2. The molecule has 0 unspecified atom stereocenters. The van der Waals surface area contributed by atoms with E-state index in [1.54, 1.807) is 34.6 Å². The summed E-state index contributed by atoms with van der Waals surface area (Å²) in [6.07, 6.45) is -0.747. The second-order valence-electron chi connectivity index (χ2n) is 6.14. The van der Waals surface area contributed by atoms with Crippen LogP contribution >= 0.6 is 7.81 Å². The fourth-order valence-corrected chi connectivity index (χ4v) is 1.93. The SMILES string of the molecule is CC(C)[C@H](NC(=O)OC(C)(C)C)C(=O)N[C@@H](CO[SH-]#P)C(=O)O. The number of alkyl carbamates (subject to hydrolysis) is 1. The summed E-state index contributed by atoms with van der Waals surface area (Å²) in [5.74, 6) is -2.13. The molecule has 0 saturated carbocycles. The Morgan fingerprint density at radius 1 is 1.22 bits per heavy atom. The summed E-state index contributed by atoms with van der Waals surface area (Å²) in [7, 11) is 3.78. The number of hydrogen-bond acceptors (Lipinski definition) is 6. The van der Waals surface area contributed by atoms with Gasteiger partial charge in [-0.05, 0) is 0 Å². The molecule has 0 aliphatic rings. The van der Waals surface area contributed by atoms with Gasteiger partial charge in [-0.25, -0.2) is 0 Å². The van der Waals surface area contributed by atoms with E-state index in [4.69, 9.17) is 14.0 Å². The molecule has 134 valence electrons. The van der Waals surface area contributed by atoms with Crippen LogP contribution in [-0.4, -0.2) is 47.4 Å². The van der Waals surface area contributed by atoms with E-state index >= 15 is 0 Å². The maximum absolute atomic E-state index is 12.2. The molecule has 0 aliphatic heterocycles. The monoisotopic (exact) mass is 367 g/mol. The van der Waals surface area contributed by atoms with Crippen molar-refractivity contribution < 1.29 is 28.4 Å². The van der Waals surface area contributed by atoms with Crippen LogP contribution in [0, 0.1) is 5.92 Å². The Labute approximate surface area is 141 Å². The molecule has 0 aliphatic carbocycles. The van der Waals surface area contributed by atoms with Crippen LogP contribution in [0.4, 0.5) is 4.79 Å². The third kappa shape index (κ3) is 9.63. The van der Waals surface area contributed by atoms with Crippen molar-refractivity contribution in [3.05, 3.63) is 0 Å². The van der Waals surface area contributed by atoms with E-state index in [2.05, 4.69) is 18.4 Å². The minimum atomic E-state index is -1.24. The zero-order chi connectivity index (χ0) is 18.2. The predicted molar refractivity (Wildman–Crippen MR) is 89.2 cm³/mol. The Kier molecular flexibility index (Phi) is 9.49. The number of carbonyl (C=O) groups excluding carboxylic acids is 2. The van der Waals surface area contributed by atoms with Gasteiger partial charge in [0.2, 0.25) is 0 Å². The van der Waals surface area contributed by atoms with Gasteiger partial charge in [0.05, 0.1) is 0 Å². The zero-order valence-electron chi connectivity index (χ0n) is 13.8. The van der Waals surface area contributed by atoms with E-state index in [9.17, 15) is 14.4 Å². The van der Waals surface area contributed by atoms with Crippen LogP contribution in [-0.2, 0) is 29.5 Å². The second-order valence-corrected chi connectivity index (χ2v) is 7.06. The Bertz CT molecular complexity index is 486. The van der Waals surface area contributed by atoms with Gasteiger partial charge in [-0.1, -0.05) is 0 Å². The van der Waals surface area contributed by atoms with Crippen molar-refractivity contribution in [2.75, 3.05) is 6.61 Å². The van der Waals surface area contributed by atoms with E-state index in [1.807, 2.05) is 0 Å². The Morgan fingerprint density at radius 3 is 2.17 bits per heavy atom. The van der Waals surface area contributed by atoms with Crippen molar-refractivity contribution in [2.24, 2.45) is 5.92 Å². The first-order chi connectivity index (χ1) is 10.5. The molecule has 0 aromatic heterocycles. The van der Waals surface area contributed by atoms with Gasteiger partial charge in [0.25, 0.3) is 0 Å². The summed E-state index contributed by atoms with van der Waals surface area (Å²) in [4.78, 5) is 35.2. The van der Waals surface area contributed by atoms with Crippen molar-refractivity contribution in [1.82, 2.24) is 10.6 Å². The Morgan fingerprint density at radius 2 is 1.78 bits per heavy atom. The first-order valence-electron chi connectivity index (χ1n) is 6.97. The zero-order valence-corrected chi connectivity index (χ0v) is 15.6. The third-order valence-electron chi connectivity index (χ3n) is 2.53. The molecular weight excluding hydrogens is 343 g/mol. The molecular formula is C13H24N2O6PS-. The van der Waals surface area contributed by atoms with Gasteiger partial charge < -0.3 is 0 Å². The number of ether oxygens (including phenoxy) is 1. The van der Waals surface area contributed by atoms with Gasteiger partial charge in [0.1, 0.15) is 0 Å². The van der Waals surface area contributed by atoms with Crippen LogP contribution in [0.3, 0.4) is 0 Å². The number of carboxylic acids is 1. The number of carboxylic acid groups (broad SMARTS) is 1. The van der Waals surface area contributed by atoms with Crippen LogP contribution in [0.5, 0.6) is 0 Å². The molecule has 10 heteroatoms. The summed E-state index contributed by atoms with van der Waals surface area (Å²) in [6, 6.07) is -2.16. The summed E-state index contributed by atoms with van der Waals surface area (Å²) < 4.78 is 9.98. The first-order valence-corrected chi connectivity index (χ1v) is 8.93. The molecule has 0 heterocycles. The molecule has 0 bridgehead atoms. The maximum atomic E-state index is 12.2. The average molecular weight is 367 g/mol. The van der Waals surface area contributed by atoms with Crippen molar-refractivity contribution >= 4 is 36.8 Å². The van der Waals surface area contributed by atoms with Crippen LogP contribution < -0.4 is 10.6 Å². The summed E-state index contributed by atoms with van der Waals surface area (Å²) in [5, 5.41) is 13.8. The molecule has 0 spiro atoms. The van der Waals surface area contributed by atoms with Crippen molar-refractivity contribution in [2.45, 2.75) is 52.3 Å². The molecule has 0 aromatic rings. The first kappa shape index (κ1) is 21.9. The number of rotatable bonds is 7. The molecule has 0 rings (SSSR count). The second kappa shape index (κ2) is 9.95. The molecule has 0 radical (unpaired) electrons. The standard InChI is InChI=1S/C13H24N2O6PS/c1-7(2)9(15-12(19)21-13(3,4)5)10(16)14-8(11(17)18)6-20-23-22/h7-9,23H,6H2,1-5H3,(H,14,16)(H,15,19)(H,17,18)/q-1/t8-,9-/m0/s1. The van der Waals surface area contributed by atoms with Gasteiger partial charge in [-0.15, -0.1) is 0 Å². The number of aliphatic carboxylic acids is 1. The van der Waals surface area contributed by atoms with Crippen LogP contribution in [0.25, 0.3) is 0 Å². The topological polar surface area (TPSA) is 114 Å². The van der Waals surface area contributed by atoms with E-state index in [0.717, 1.165) is 0 Å². The summed E-state index contributed by atoms with van der Waals surface area (Å²) in [5.41, 5.74) is -0.703. The van der Waals surface area contributed by atoms with Gasteiger partial charge in [-0.2, -0.15) is 0 Å². The van der Waals surface area contributed by atoms with E-state index in [-0.39, 0.29) is 23.5 Å². The van der Waals surface area contributed by atoms with Crippen molar-refractivity contribution in [1.29, 1.82) is 0 Å². The number of hydrogen-bond donors (Lipinski definition) is 3. The Hall–Kier alpha value is -1.05. The van der Waals surface area contributed by atoms with E-state index in [1.165, 1.54) is 0 Å². The number of thiol groups is 1. The molecule has 23 heavy (non-hydrogen) atoms. The van der Waals surface area contributed by atoms with Gasteiger partial charge in [-0.3, -0.25) is 0 Å². The van der Waals surface area contributed by atoms with Crippen molar-refractivity contribution in [3.63, 3.8) is 0 Å². The van der Waals surface area contributed by atoms with E-state index in [0.29, 0.717) is 0 Å². The van der Waals surface area contributed by atoms with E-state index < -0.39 is 35.7 Å². The fourth-order valence-electron chi connectivity index (χ4n) is 1.51. The van der Waals surface area contributed by atoms with Gasteiger partial charge in [0.15, 0.2) is 0 Å². The fraction of sp³-hybridized carbons (Fsp3) is 0.769. The summed E-state index contributed by atoms with van der Waals surface area (Å²) in [6.45, 7) is 8.31.